The molecule has 0 atom stereocenters. The molecule has 13 heavy (non-hydrogen) atoms. The average molecular weight is 172 g/mol. The molecule has 1 saturated carbocycles. The maximum atomic E-state index is 5.98. The minimum atomic E-state index is 0.136. The number of benzene rings is 1. The second-order valence-corrected chi connectivity index (χ2v) is 3.95. The molecule has 1 fully saturated rings. The van der Waals surface area contributed by atoms with Crippen molar-refractivity contribution in [2.45, 2.75) is 24.7 Å². The smallest absolute Gasteiger partial charge is 0.110 e. The van der Waals surface area contributed by atoms with Crippen molar-refractivity contribution >= 4 is 11.5 Å². The van der Waals surface area contributed by atoms with Gasteiger partial charge in [0, 0.05) is 0 Å². The molecule has 1 aromatic rings. The summed E-state index contributed by atoms with van der Waals surface area (Å²) in [4.78, 5) is 4.42. The zero-order valence-electron chi connectivity index (χ0n) is 7.46. The zero-order valence-corrected chi connectivity index (χ0v) is 7.46. The number of nitrogens with zero attached hydrogens (tertiary/aromatic N) is 1. The van der Waals surface area contributed by atoms with Gasteiger partial charge in [0.2, 0.25) is 0 Å². The van der Waals surface area contributed by atoms with Crippen molar-refractivity contribution in [1.82, 2.24) is 0 Å². The Morgan fingerprint density at radius 2 is 2.00 bits per heavy atom. The van der Waals surface area contributed by atoms with E-state index in [9.17, 15) is 0 Å². The summed E-state index contributed by atoms with van der Waals surface area (Å²) in [6.45, 7) is 0. The highest BCUT2D eigenvalue weighted by Crippen LogP contribution is 2.51. The summed E-state index contributed by atoms with van der Waals surface area (Å²) < 4.78 is 0. The third-order valence-electron chi connectivity index (χ3n) is 3.36. The van der Waals surface area contributed by atoms with Gasteiger partial charge in [0.05, 0.1) is 11.1 Å². The molecule has 2 aliphatic rings. The number of aliphatic imine (C=N–C) groups is 1. The molecule has 0 bridgehead atoms. The van der Waals surface area contributed by atoms with Crippen molar-refractivity contribution in [3.05, 3.63) is 29.8 Å². The molecule has 0 amide bonds. The first-order chi connectivity index (χ1) is 6.33. The summed E-state index contributed by atoms with van der Waals surface area (Å²) in [5, 5.41) is 0. The maximum Gasteiger partial charge on any atom is 0.110 e. The molecule has 2 N–H and O–H groups in total. The Morgan fingerprint density at radius 1 is 1.23 bits per heavy atom. The molecule has 0 unspecified atom stereocenters. The Bertz CT molecular complexity index is 389. The molecule has 0 radical (unpaired) electrons. The van der Waals surface area contributed by atoms with Crippen molar-refractivity contribution in [3.63, 3.8) is 0 Å². The first kappa shape index (κ1) is 7.13. The predicted molar refractivity (Wildman–Crippen MR) is 53.3 cm³/mol. The van der Waals surface area contributed by atoms with Gasteiger partial charge in [-0.15, -0.1) is 0 Å². The van der Waals surface area contributed by atoms with Gasteiger partial charge in [-0.1, -0.05) is 24.6 Å². The van der Waals surface area contributed by atoms with Gasteiger partial charge < -0.3 is 5.73 Å². The first-order valence-electron chi connectivity index (χ1n) is 4.77. The van der Waals surface area contributed by atoms with Gasteiger partial charge >= 0.3 is 0 Å². The molecule has 1 heterocycles. The zero-order chi connectivity index (χ0) is 8.89. The molecule has 2 nitrogen and oxygen atoms in total. The lowest BCUT2D eigenvalue weighted by molar-refractivity contribution is 0.344. The van der Waals surface area contributed by atoms with Crippen LogP contribution in [0.4, 0.5) is 5.69 Å². The lowest BCUT2D eigenvalue weighted by Crippen LogP contribution is -2.44. The summed E-state index contributed by atoms with van der Waals surface area (Å²) >= 11 is 0. The van der Waals surface area contributed by atoms with Crippen LogP contribution in [0.25, 0.3) is 0 Å². The van der Waals surface area contributed by atoms with Crippen LogP contribution in [0.3, 0.4) is 0 Å². The average Bonchev–Trinajstić information content (AvgIpc) is 2.35. The molecule has 66 valence electrons. The first-order valence-corrected chi connectivity index (χ1v) is 4.77. The number of fused-ring (bicyclic) bond motifs is 2. The number of hydrogen-bond acceptors (Lipinski definition) is 2. The summed E-state index contributed by atoms with van der Waals surface area (Å²) in [6, 6.07) is 8.31. The van der Waals surface area contributed by atoms with E-state index in [2.05, 4.69) is 23.2 Å². The van der Waals surface area contributed by atoms with E-state index in [-0.39, 0.29) is 5.41 Å². The summed E-state index contributed by atoms with van der Waals surface area (Å²) in [6.07, 6.45) is 3.64. The van der Waals surface area contributed by atoms with E-state index in [1.807, 2.05) is 6.07 Å². The van der Waals surface area contributed by atoms with Gasteiger partial charge in [-0.2, -0.15) is 0 Å². The molecule has 1 spiro atoms. The van der Waals surface area contributed by atoms with Crippen molar-refractivity contribution in [3.8, 4) is 0 Å². The topological polar surface area (TPSA) is 38.4 Å². The Hall–Kier alpha value is -1.31. The third-order valence-corrected chi connectivity index (χ3v) is 3.36. The van der Waals surface area contributed by atoms with Crippen LogP contribution in [0, 0.1) is 0 Å². The van der Waals surface area contributed by atoms with Crippen molar-refractivity contribution in [2.75, 3.05) is 0 Å². The number of amidine groups is 1. The number of hydrogen-bond donors (Lipinski definition) is 1. The van der Waals surface area contributed by atoms with Crippen LogP contribution in [0.2, 0.25) is 0 Å². The number of nitrogens with two attached hydrogens (primary N) is 1. The third kappa shape index (κ3) is 0.711. The van der Waals surface area contributed by atoms with Crippen LogP contribution in [0.5, 0.6) is 0 Å². The Labute approximate surface area is 77.5 Å². The lowest BCUT2D eigenvalue weighted by Gasteiger charge is -2.38. The minimum absolute atomic E-state index is 0.136. The fourth-order valence-corrected chi connectivity index (χ4v) is 2.41. The van der Waals surface area contributed by atoms with Gasteiger partial charge in [-0.3, -0.25) is 0 Å². The Kier molecular flexibility index (Phi) is 1.17. The number of rotatable bonds is 0. The monoisotopic (exact) mass is 172 g/mol. The van der Waals surface area contributed by atoms with Crippen LogP contribution in [-0.2, 0) is 5.41 Å². The molecule has 3 rings (SSSR count). The molecule has 1 aromatic carbocycles. The minimum Gasteiger partial charge on any atom is -0.386 e. The molecular formula is C11H12N2. The number of para-hydroxylation sites is 1. The van der Waals surface area contributed by atoms with Gasteiger partial charge in [-0.25, -0.2) is 4.99 Å². The fraction of sp³-hybridized carbons (Fsp3) is 0.364. The summed E-state index contributed by atoms with van der Waals surface area (Å²) in [7, 11) is 0. The van der Waals surface area contributed by atoms with E-state index in [4.69, 9.17) is 5.73 Å². The predicted octanol–water partition coefficient (Wildman–Crippen LogP) is 2.11. The second-order valence-electron chi connectivity index (χ2n) is 3.95. The lowest BCUT2D eigenvalue weighted by atomic mass is 9.64. The van der Waals surface area contributed by atoms with E-state index < -0.39 is 0 Å². The molecule has 0 saturated heterocycles. The van der Waals surface area contributed by atoms with Crippen molar-refractivity contribution in [2.24, 2.45) is 10.7 Å². The Morgan fingerprint density at radius 3 is 2.69 bits per heavy atom. The summed E-state index contributed by atoms with van der Waals surface area (Å²) in [5.41, 5.74) is 8.54. The van der Waals surface area contributed by atoms with Crippen LogP contribution in [-0.4, -0.2) is 5.84 Å². The SMILES string of the molecule is NC1=Nc2ccccc2C12CCC2. The van der Waals surface area contributed by atoms with Crippen LogP contribution in [0.15, 0.2) is 29.3 Å². The highest BCUT2D eigenvalue weighted by molar-refractivity contribution is 5.99. The van der Waals surface area contributed by atoms with Gasteiger partial charge in [0.1, 0.15) is 5.84 Å². The quantitative estimate of drug-likeness (QED) is 0.639. The second kappa shape index (κ2) is 2.13. The maximum absolute atomic E-state index is 5.98. The van der Waals surface area contributed by atoms with E-state index in [1.165, 1.54) is 24.8 Å². The summed E-state index contributed by atoms with van der Waals surface area (Å²) in [5.74, 6) is 0.833. The van der Waals surface area contributed by atoms with E-state index in [0.29, 0.717) is 0 Å². The van der Waals surface area contributed by atoms with Crippen molar-refractivity contribution < 1.29 is 0 Å². The van der Waals surface area contributed by atoms with Gasteiger partial charge in [0.25, 0.3) is 0 Å². The largest absolute Gasteiger partial charge is 0.386 e. The standard InChI is InChI=1S/C11H12N2/c12-10-11(6-3-7-11)8-4-1-2-5-9(8)13-10/h1-2,4-5H,3,6-7H2,(H2,12,13). The van der Waals surface area contributed by atoms with E-state index in [1.54, 1.807) is 0 Å². The van der Waals surface area contributed by atoms with Gasteiger partial charge in [0.15, 0.2) is 0 Å². The van der Waals surface area contributed by atoms with Crippen molar-refractivity contribution in [1.29, 1.82) is 0 Å². The molecular weight excluding hydrogens is 160 g/mol. The fourth-order valence-electron chi connectivity index (χ4n) is 2.41. The highest BCUT2D eigenvalue weighted by atomic mass is 14.9. The van der Waals surface area contributed by atoms with Gasteiger partial charge in [-0.05, 0) is 24.5 Å². The molecule has 1 aliphatic heterocycles. The van der Waals surface area contributed by atoms with Crippen LogP contribution >= 0.6 is 0 Å². The van der Waals surface area contributed by atoms with Crippen LogP contribution in [0.1, 0.15) is 24.8 Å². The molecule has 1 aliphatic carbocycles. The molecule has 0 aromatic heterocycles. The van der Waals surface area contributed by atoms with E-state index >= 15 is 0 Å². The Balaban J connectivity index is 2.22. The van der Waals surface area contributed by atoms with Crippen LogP contribution < -0.4 is 5.73 Å². The normalized spacial score (nSPS) is 22.3. The molecule has 2 heteroatoms. The highest BCUT2D eigenvalue weighted by Gasteiger charge is 2.46. The van der Waals surface area contributed by atoms with E-state index in [0.717, 1.165) is 11.5 Å².